The second-order valence-corrected chi connectivity index (χ2v) is 3.58. The van der Waals surface area contributed by atoms with Crippen LogP contribution < -0.4 is 0 Å². The van der Waals surface area contributed by atoms with E-state index in [0.717, 1.165) is 19.8 Å². The van der Waals surface area contributed by atoms with Gasteiger partial charge >= 0.3 is 0 Å². The summed E-state index contributed by atoms with van der Waals surface area (Å²) in [6.45, 7) is 5.23. The van der Waals surface area contributed by atoms with E-state index in [1.165, 1.54) is 25.7 Å². The van der Waals surface area contributed by atoms with Gasteiger partial charge in [-0.2, -0.15) is 0 Å². The Morgan fingerprint density at radius 1 is 1.00 bits per heavy atom. The number of carbonyl (C=O) groups excluding carboxylic acids is 1. The number of carbonyl (C=O) groups is 2. The van der Waals surface area contributed by atoms with Crippen LogP contribution in [0.1, 0.15) is 65.7 Å². The van der Waals surface area contributed by atoms with Crippen molar-refractivity contribution in [2.75, 3.05) is 0 Å². The van der Waals surface area contributed by atoms with E-state index in [1.807, 2.05) is 6.92 Å². The van der Waals surface area contributed by atoms with Crippen molar-refractivity contribution < 1.29 is 14.7 Å². The van der Waals surface area contributed by atoms with Gasteiger partial charge in [0.2, 0.25) is 0 Å². The molecule has 0 saturated carbocycles. The molecule has 15 heavy (non-hydrogen) atoms. The second kappa shape index (κ2) is 13.1. The molecule has 0 spiro atoms. The van der Waals surface area contributed by atoms with Crippen molar-refractivity contribution in [2.24, 2.45) is 0 Å². The average molecular weight is 216 g/mol. The Bertz CT molecular complexity index is 160. The number of rotatable bonds is 7. The first kappa shape index (κ1) is 16.6. The zero-order chi connectivity index (χ0) is 12.1. The van der Waals surface area contributed by atoms with Gasteiger partial charge < -0.3 is 5.11 Å². The van der Waals surface area contributed by atoms with Crippen molar-refractivity contribution in [3.05, 3.63) is 0 Å². The van der Waals surface area contributed by atoms with Gasteiger partial charge in [0.15, 0.2) is 0 Å². The third-order valence-corrected chi connectivity index (χ3v) is 1.95. The summed E-state index contributed by atoms with van der Waals surface area (Å²) in [4.78, 5) is 19.8. The molecular weight excluding hydrogens is 192 g/mol. The summed E-state index contributed by atoms with van der Waals surface area (Å²) in [6.07, 6.45) is 7.76. The van der Waals surface area contributed by atoms with Crippen molar-refractivity contribution in [1.82, 2.24) is 0 Å². The molecule has 0 rings (SSSR count). The minimum absolute atomic E-state index is 0.418. The fourth-order valence-electron chi connectivity index (χ4n) is 1.10. The molecular formula is C12H24O3. The number of unbranched alkanes of at least 4 members (excludes halogenated alkanes) is 4. The highest BCUT2D eigenvalue weighted by Gasteiger charge is 1.96. The topological polar surface area (TPSA) is 54.4 Å². The van der Waals surface area contributed by atoms with Crippen molar-refractivity contribution >= 4 is 11.8 Å². The Hall–Kier alpha value is -0.860. The van der Waals surface area contributed by atoms with Gasteiger partial charge in [-0.05, 0) is 6.42 Å². The number of Topliss-reactive ketones (excluding diaryl/α,β-unsaturated/α-hetero) is 1. The van der Waals surface area contributed by atoms with E-state index in [0.29, 0.717) is 12.2 Å². The monoisotopic (exact) mass is 216 g/mol. The molecule has 0 aliphatic carbocycles. The SMILES string of the molecule is CC(=O)O.CCCCCCCC(=O)CC. The van der Waals surface area contributed by atoms with Crippen LogP contribution in [0.5, 0.6) is 0 Å². The van der Waals surface area contributed by atoms with Crippen LogP contribution in [0.25, 0.3) is 0 Å². The molecule has 1 N–H and O–H groups in total. The molecule has 0 amide bonds. The van der Waals surface area contributed by atoms with Gasteiger partial charge in [0, 0.05) is 19.8 Å². The van der Waals surface area contributed by atoms with Gasteiger partial charge in [-0.15, -0.1) is 0 Å². The van der Waals surface area contributed by atoms with E-state index >= 15 is 0 Å². The van der Waals surface area contributed by atoms with Crippen LogP contribution >= 0.6 is 0 Å². The van der Waals surface area contributed by atoms with E-state index < -0.39 is 5.97 Å². The van der Waals surface area contributed by atoms with E-state index in [2.05, 4.69) is 6.92 Å². The lowest BCUT2D eigenvalue weighted by atomic mass is 10.1. The van der Waals surface area contributed by atoms with Crippen LogP contribution in [-0.2, 0) is 9.59 Å². The molecule has 0 aliphatic heterocycles. The van der Waals surface area contributed by atoms with E-state index in [9.17, 15) is 4.79 Å². The molecule has 90 valence electrons. The summed E-state index contributed by atoms with van der Waals surface area (Å²) in [6, 6.07) is 0. The predicted octanol–water partition coefficient (Wildman–Crippen LogP) is 3.42. The van der Waals surface area contributed by atoms with E-state index in [-0.39, 0.29) is 0 Å². The zero-order valence-corrected chi connectivity index (χ0v) is 10.2. The number of hydrogen-bond donors (Lipinski definition) is 1. The molecule has 0 aromatic carbocycles. The highest BCUT2D eigenvalue weighted by Crippen LogP contribution is 2.05. The molecule has 0 radical (unpaired) electrons. The number of ketones is 1. The van der Waals surface area contributed by atoms with E-state index in [4.69, 9.17) is 9.90 Å². The highest BCUT2D eigenvalue weighted by molar-refractivity contribution is 5.77. The Morgan fingerprint density at radius 2 is 1.47 bits per heavy atom. The van der Waals surface area contributed by atoms with E-state index in [1.54, 1.807) is 0 Å². The summed E-state index contributed by atoms with van der Waals surface area (Å²) < 4.78 is 0. The summed E-state index contributed by atoms with van der Waals surface area (Å²) in [5.74, 6) is -0.415. The maximum Gasteiger partial charge on any atom is 0.300 e. The molecule has 0 bridgehead atoms. The minimum atomic E-state index is -0.833. The Kier molecular flexibility index (Phi) is 14.5. The van der Waals surface area contributed by atoms with Gasteiger partial charge in [0.1, 0.15) is 5.78 Å². The first-order valence-electron chi connectivity index (χ1n) is 5.75. The van der Waals surface area contributed by atoms with Gasteiger partial charge in [0.25, 0.3) is 5.97 Å². The molecule has 0 unspecified atom stereocenters. The summed E-state index contributed by atoms with van der Waals surface area (Å²) in [5.41, 5.74) is 0. The molecule has 0 aliphatic rings. The molecule has 3 nitrogen and oxygen atoms in total. The summed E-state index contributed by atoms with van der Waals surface area (Å²) in [7, 11) is 0. The molecule has 0 saturated heterocycles. The lowest BCUT2D eigenvalue weighted by molar-refractivity contribution is -0.134. The normalized spacial score (nSPS) is 9.00. The molecule has 3 heteroatoms. The zero-order valence-electron chi connectivity index (χ0n) is 10.2. The second-order valence-electron chi connectivity index (χ2n) is 3.58. The van der Waals surface area contributed by atoms with Crippen molar-refractivity contribution in [1.29, 1.82) is 0 Å². The fourth-order valence-corrected chi connectivity index (χ4v) is 1.10. The highest BCUT2D eigenvalue weighted by atomic mass is 16.4. The van der Waals surface area contributed by atoms with Gasteiger partial charge in [-0.3, -0.25) is 9.59 Å². The largest absolute Gasteiger partial charge is 0.481 e. The van der Waals surface area contributed by atoms with Crippen LogP contribution in [0, 0.1) is 0 Å². The third kappa shape index (κ3) is 24.6. The number of carboxylic acids is 1. The molecule has 0 aromatic heterocycles. The summed E-state index contributed by atoms with van der Waals surface area (Å²) in [5, 5.41) is 7.42. The van der Waals surface area contributed by atoms with Gasteiger partial charge in [-0.1, -0.05) is 39.5 Å². The number of hydrogen-bond acceptors (Lipinski definition) is 2. The van der Waals surface area contributed by atoms with Crippen LogP contribution in [0.15, 0.2) is 0 Å². The standard InChI is InChI=1S/C10H20O.C2H4O2/c1-3-5-6-7-8-9-10(11)4-2;1-2(3)4/h3-9H2,1-2H3;1H3,(H,3,4). The molecule has 0 aromatic rings. The van der Waals surface area contributed by atoms with Crippen molar-refractivity contribution in [3.8, 4) is 0 Å². The fraction of sp³-hybridized carbons (Fsp3) is 0.833. The molecule has 0 atom stereocenters. The first-order valence-corrected chi connectivity index (χ1v) is 5.75. The van der Waals surface area contributed by atoms with Crippen LogP contribution in [0.4, 0.5) is 0 Å². The third-order valence-electron chi connectivity index (χ3n) is 1.95. The molecule has 0 fully saturated rings. The quantitative estimate of drug-likeness (QED) is 0.663. The Labute approximate surface area is 92.9 Å². The van der Waals surface area contributed by atoms with Gasteiger partial charge in [-0.25, -0.2) is 0 Å². The maximum absolute atomic E-state index is 10.8. The number of aliphatic carboxylic acids is 1. The lowest BCUT2D eigenvalue weighted by Gasteiger charge is -1.97. The van der Waals surface area contributed by atoms with Crippen LogP contribution in [0.2, 0.25) is 0 Å². The molecule has 0 heterocycles. The van der Waals surface area contributed by atoms with Crippen molar-refractivity contribution in [3.63, 3.8) is 0 Å². The number of carboxylic acid groups (broad SMARTS) is 1. The Morgan fingerprint density at radius 3 is 1.87 bits per heavy atom. The maximum atomic E-state index is 10.8. The predicted molar refractivity (Wildman–Crippen MR) is 62.0 cm³/mol. The van der Waals surface area contributed by atoms with Crippen LogP contribution in [0.3, 0.4) is 0 Å². The van der Waals surface area contributed by atoms with Crippen molar-refractivity contribution in [2.45, 2.75) is 65.7 Å². The minimum Gasteiger partial charge on any atom is -0.481 e. The summed E-state index contributed by atoms with van der Waals surface area (Å²) >= 11 is 0. The van der Waals surface area contributed by atoms with Gasteiger partial charge in [0.05, 0.1) is 0 Å². The smallest absolute Gasteiger partial charge is 0.300 e. The first-order chi connectivity index (χ1) is 7.04. The average Bonchev–Trinajstić information content (AvgIpc) is 2.16. The Balaban J connectivity index is 0. The lowest BCUT2D eigenvalue weighted by Crippen LogP contribution is -1.93. The van der Waals surface area contributed by atoms with Crippen LogP contribution in [-0.4, -0.2) is 16.9 Å².